The molecule has 0 spiro atoms. The molecule has 4 aromatic rings. The number of hydrogen-bond donors (Lipinski definition) is 0. The van der Waals surface area contributed by atoms with Gasteiger partial charge in [-0.2, -0.15) is 4.98 Å². The molecule has 0 aliphatic carbocycles. The monoisotopic (exact) mass is 511 g/mol. The van der Waals surface area contributed by atoms with Crippen LogP contribution in [0.1, 0.15) is 0 Å². The third-order valence-electron chi connectivity index (χ3n) is 5.71. The Labute approximate surface area is 206 Å². The molecule has 3 heterocycles. The van der Waals surface area contributed by atoms with Crippen LogP contribution in [-0.2, 0) is 14.6 Å². The van der Waals surface area contributed by atoms with Crippen LogP contribution in [0.4, 0.5) is 10.3 Å². The first-order valence-corrected chi connectivity index (χ1v) is 12.7. The number of carbonyl (C=O) groups is 1. The highest BCUT2D eigenvalue weighted by atomic mass is 32.2. The van der Waals surface area contributed by atoms with Gasteiger partial charge in [0, 0.05) is 26.2 Å². The van der Waals surface area contributed by atoms with E-state index in [2.05, 4.69) is 4.98 Å². The number of anilines is 1. The van der Waals surface area contributed by atoms with Gasteiger partial charge in [-0.15, -0.1) is 0 Å². The summed E-state index contributed by atoms with van der Waals surface area (Å²) in [4.78, 5) is 20.1. The van der Waals surface area contributed by atoms with Crippen molar-refractivity contribution in [1.29, 1.82) is 0 Å². The van der Waals surface area contributed by atoms with E-state index in [9.17, 15) is 17.6 Å². The van der Waals surface area contributed by atoms with Gasteiger partial charge in [-0.3, -0.25) is 4.79 Å². The zero-order valence-corrected chi connectivity index (χ0v) is 19.9. The van der Waals surface area contributed by atoms with Gasteiger partial charge in [0.25, 0.3) is 11.8 Å². The van der Waals surface area contributed by atoms with E-state index in [1.54, 1.807) is 34.1 Å². The summed E-state index contributed by atoms with van der Waals surface area (Å²) < 4.78 is 57.0. The van der Waals surface area contributed by atoms with E-state index in [0.717, 1.165) is 12.1 Å². The molecule has 1 fully saturated rings. The predicted octanol–water partition coefficient (Wildman–Crippen LogP) is 3.63. The minimum absolute atomic E-state index is 0.00505. The largest absolute Gasteiger partial charge is 0.484 e. The average Bonchev–Trinajstić information content (AvgIpc) is 3.59. The molecule has 0 N–H and O–H groups in total. The van der Waals surface area contributed by atoms with Gasteiger partial charge in [-0.25, -0.2) is 12.8 Å². The molecular weight excluding hydrogens is 489 g/mol. The van der Waals surface area contributed by atoms with E-state index in [0.29, 0.717) is 31.9 Å². The van der Waals surface area contributed by atoms with Gasteiger partial charge < -0.3 is 23.4 Å². The zero-order valence-electron chi connectivity index (χ0n) is 19.0. The molecule has 2 aromatic heterocycles. The van der Waals surface area contributed by atoms with E-state index in [1.807, 2.05) is 18.2 Å². The Balaban J connectivity index is 1.35. The Hall–Kier alpha value is -4.12. The Morgan fingerprint density at radius 2 is 1.69 bits per heavy atom. The third-order valence-corrected chi connectivity index (χ3v) is 7.38. The molecule has 0 radical (unpaired) electrons. The number of furan rings is 1. The highest BCUT2D eigenvalue weighted by Gasteiger charge is 2.34. The second-order valence-corrected chi connectivity index (χ2v) is 9.90. The van der Waals surface area contributed by atoms with Gasteiger partial charge in [-0.1, -0.05) is 18.2 Å². The van der Waals surface area contributed by atoms with Crippen molar-refractivity contribution in [2.45, 2.75) is 9.92 Å². The van der Waals surface area contributed by atoms with Gasteiger partial charge >= 0.3 is 0 Å². The highest BCUT2D eigenvalue weighted by Crippen LogP contribution is 2.35. The summed E-state index contributed by atoms with van der Waals surface area (Å²) in [7, 11) is -4.13. The normalized spacial score (nSPS) is 14.1. The van der Waals surface area contributed by atoms with Crippen LogP contribution in [0.2, 0.25) is 0 Å². The van der Waals surface area contributed by atoms with Crippen LogP contribution in [0, 0.1) is 5.82 Å². The van der Waals surface area contributed by atoms with E-state index in [1.165, 1.54) is 18.4 Å². The summed E-state index contributed by atoms with van der Waals surface area (Å²) in [5, 5.41) is -0.298. The number of sulfone groups is 1. The van der Waals surface area contributed by atoms with Gasteiger partial charge in [0.15, 0.2) is 12.4 Å². The molecule has 5 rings (SSSR count). The minimum Gasteiger partial charge on any atom is -0.484 e. The van der Waals surface area contributed by atoms with Crippen molar-refractivity contribution < 1.29 is 31.2 Å². The number of hydrogen-bond acceptors (Lipinski definition) is 8. The van der Waals surface area contributed by atoms with Gasteiger partial charge in [0.05, 0.1) is 11.2 Å². The van der Waals surface area contributed by atoms with Crippen LogP contribution in [0.15, 0.2) is 91.7 Å². The number of rotatable bonds is 7. The molecule has 0 unspecified atom stereocenters. The fourth-order valence-corrected chi connectivity index (χ4v) is 5.14. The molecule has 1 aliphatic rings. The summed E-state index contributed by atoms with van der Waals surface area (Å²) >= 11 is 0. The van der Waals surface area contributed by atoms with Crippen molar-refractivity contribution in [3.05, 3.63) is 78.8 Å². The minimum atomic E-state index is -4.13. The van der Waals surface area contributed by atoms with Gasteiger partial charge in [0.1, 0.15) is 11.6 Å². The summed E-state index contributed by atoms with van der Waals surface area (Å²) in [5.74, 6) is 0.189. The van der Waals surface area contributed by atoms with Crippen molar-refractivity contribution in [1.82, 2.24) is 9.88 Å². The van der Waals surface area contributed by atoms with Crippen LogP contribution in [0.5, 0.6) is 5.75 Å². The number of halogens is 1. The Morgan fingerprint density at radius 1 is 0.972 bits per heavy atom. The van der Waals surface area contributed by atoms with Gasteiger partial charge in [0.2, 0.25) is 20.7 Å². The first-order chi connectivity index (χ1) is 17.4. The molecule has 0 bridgehead atoms. The van der Waals surface area contributed by atoms with Gasteiger partial charge in [-0.05, 0) is 48.5 Å². The SMILES string of the molecule is O=C(COc1ccccc1)N1CCN(c2oc(-c3ccco3)nc2S(=O)(=O)c2ccc(F)cc2)CC1. The standard InChI is InChI=1S/C25H22FN3O6S/c26-18-8-10-20(11-9-18)36(31,32)24-25(35-23(27-24)21-7-4-16-33-21)29-14-12-28(13-15-29)22(30)17-34-19-5-2-1-3-6-19/h1-11,16H,12-15,17H2. The van der Waals surface area contributed by atoms with E-state index >= 15 is 0 Å². The third kappa shape index (κ3) is 4.82. The lowest BCUT2D eigenvalue weighted by Crippen LogP contribution is -2.50. The van der Waals surface area contributed by atoms with E-state index < -0.39 is 15.7 Å². The average molecular weight is 512 g/mol. The maximum atomic E-state index is 13.4. The Bertz CT molecular complexity index is 1430. The number of amides is 1. The molecule has 9 nitrogen and oxygen atoms in total. The molecule has 11 heteroatoms. The van der Waals surface area contributed by atoms with Crippen molar-refractivity contribution in [3.8, 4) is 17.4 Å². The molecule has 1 amide bonds. The van der Waals surface area contributed by atoms with Crippen LogP contribution < -0.4 is 9.64 Å². The molecule has 0 saturated carbocycles. The molecular formula is C25H22FN3O6S. The Kier molecular flexibility index (Phi) is 6.47. The topological polar surface area (TPSA) is 106 Å². The summed E-state index contributed by atoms with van der Waals surface area (Å²) in [6.07, 6.45) is 1.43. The number of benzene rings is 2. The second kappa shape index (κ2) is 9.86. The Morgan fingerprint density at radius 3 is 2.36 bits per heavy atom. The lowest BCUT2D eigenvalue weighted by Gasteiger charge is -2.34. The van der Waals surface area contributed by atoms with Crippen LogP contribution in [0.3, 0.4) is 0 Å². The zero-order chi connectivity index (χ0) is 25.1. The summed E-state index contributed by atoms with van der Waals surface area (Å²) in [6, 6.07) is 16.8. The first-order valence-electron chi connectivity index (χ1n) is 11.2. The second-order valence-electron chi connectivity index (χ2n) is 8.03. The van der Waals surface area contributed by atoms with Crippen LogP contribution in [-0.4, -0.2) is 57.0 Å². The maximum absolute atomic E-state index is 13.4. The molecule has 1 saturated heterocycles. The van der Waals surface area contributed by atoms with Crippen molar-refractivity contribution in [2.24, 2.45) is 0 Å². The maximum Gasteiger partial charge on any atom is 0.266 e. The lowest BCUT2D eigenvalue weighted by atomic mass is 10.3. The van der Waals surface area contributed by atoms with Crippen molar-refractivity contribution in [2.75, 3.05) is 37.7 Å². The quantitative estimate of drug-likeness (QED) is 0.346. The molecule has 36 heavy (non-hydrogen) atoms. The highest BCUT2D eigenvalue weighted by molar-refractivity contribution is 7.91. The predicted molar refractivity (Wildman–Crippen MR) is 127 cm³/mol. The van der Waals surface area contributed by atoms with E-state index in [4.69, 9.17) is 13.6 Å². The van der Waals surface area contributed by atoms with Crippen molar-refractivity contribution in [3.63, 3.8) is 0 Å². The molecule has 186 valence electrons. The fraction of sp³-hybridized carbons (Fsp3) is 0.200. The molecule has 0 atom stereocenters. The number of ether oxygens (including phenoxy) is 1. The van der Waals surface area contributed by atoms with Crippen LogP contribution >= 0.6 is 0 Å². The molecule has 2 aromatic carbocycles. The number of carbonyl (C=O) groups excluding carboxylic acids is 1. The van der Waals surface area contributed by atoms with E-state index in [-0.39, 0.29) is 40.0 Å². The van der Waals surface area contributed by atoms with Crippen LogP contribution in [0.25, 0.3) is 11.7 Å². The smallest absolute Gasteiger partial charge is 0.266 e. The number of nitrogens with zero attached hydrogens (tertiary/aromatic N) is 3. The molecule has 1 aliphatic heterocycles. The number of aromatic nitrogens is 1. The van der Waals surface area contributed by atoms with Crippen molar-refractivity contribution >= 4 is 21.6 Å². The number of piperazine rings is 1. The first kappa shape index (κ1) is 23.6. The number of para-hydroxylation sites is 1. The fourth-order valence-electron chi connectivity index (χ4n) is 3.82. The lowest BCUT2D eigenvalue weighted by molar-refractivity contribution is -0.133. The summed E-state index contributed by atoms with van der Waals surface area (Å²) in [6.45, 7) is 1.21. The summed E-state index contributed by atoms with van der Waals surface area (Å²) in [5.41, 5.74) is 0. The number of oxazole rings is 1.